The van der Waals surface area contributed by atoms with Crippen LogP contribution in [-0.4, -0.2) is 36.6 Å². The number of amides is 2. The number of nitrogens with zero attached hydrogens (tertiary/aromatic N) is 1. The third-order valence-corrected chi connectivity index (χ3v) is 2.70. The third-order valence-electron chi connectivity index (χ3n) is 2.70. The first-order chi connectivity index (χ1) is 9.67. The zero-order chi connectivity index (χ0) is 16.0. The van der Waals surface area contributed by atoms with E-state index >= 15 is 0 Å². The molecule has 0 saturated heterocycles. The molecule has 0 spiro atoms. The molecular formula is C16H24N2O3. The highest BCUT2D eigenvalue weighted by Crippen LogP contribution is 2.15. The number of carbonyl (C=O) groups excluding carboxylic acids is 2. The fraction of sp³-hybridized carbons (Fsp3) is 0.500. The van der Waals surface area contributed by atoms with E-state index in [-0.39, 0.29) is 5.91 Å². The van der Waals surface area contributed by atoms with Gasteiger partial charge in [0.15, 0.2) is 0 Å². The number of rotatable bonds is 4. The molecular weight excluding hydrogens is 268 g/mol. The van der Waals surface area contributed by atoms with Gasteiger partial charge in [-0.25, -0.2) is 4.79 Å². The topological polar surface area (TPSA) is 58.6 Å². The number of anilines is 1. The molecule has 0 radical (unpaired) electrons. The predicted octanol–water partition coefficient (Wildman–Crippen LogP) is 3.05. The molecule has 0 aliphatic heterocycles. The lowest BCUT2D eigenvalue weighted by Crippen LogP contribution is -2.27. The molecule has 0 aliphatic carbocycles. The van der Waals surface area contributed by atoms with Crippen LogP contribution in [0, 0.1) is 0 Å². The second-order valence-corrected chi connectivity index (χ2v) is 6.12. The number of ether oxygens (including phenoxy) is 1. The van der Waals surface area contributed by atoms with Crippen LogP contribution < -0.4 is 5.32 Å². The summed E-state index contributed by atoms with van der Waals surface area (Å²) in [7, 11) is 3.48. The van der Waals surface area contributed by atoms with Crippen molar-refractivity contribution in [2.45, 2.75) is 39.2 Å². The summed E-state index contributed by atoms with van der Waals surface area (Å²) in [6.45, 7) is 5.45. The molecule has 0 heterocycles. The normalized spacial score (nSPS) is 10.9. The lowest BCUT2D eigenvalue weighted by atomic mass is 10.1. The Morgan fingerprint density at radius 1 is 1.24 bits per heavy atom. The van der Waals surface area contributed by atoms with Crippen molar-refractivity contribution in [3.05, 3.63) is 29.8 Å². The molecule has 5 nitrogen and oxygen atoms in total. The van der Waals surface area contributed by atoms with Crippen molar-refractivity contribution in [2.75, 3.05) is 19.4 Å². The third kappa shape index (κ3) is 6.79. The molecule has 0 fully saturated rings. The molecule has 0 aliphatic rings. The summed E-state index contributed by atoms with van der Waals surface area (Å²) in [6, 6.07) is 7.43. The van der Waals surface area contributed by atoms with Crippen LogP contribution in [0.3, 0.4) is 0 Å². The van der Waals surface area contributed by atoms with Gasteiger partial charge in [-0.05, 0) is 44.9 Å². The van der Waals surface area contributed by atoms with Gasteiger partial charge in [-0.3, -0.25) is 10.1 Å². The monoisotopic (exact) mass is 292 g/mol. The number of benzene rings is 1. The van der Waals surface area contributed by atoms with Gasteiger partial charge < -0.3 is 9.64 Å². The van der Waals surface area contributed by atoms with Crippen LogP contribution >= 0.6 is 0 Å². The summed E-state index contributed by atoms with van der Waals surface area (Å²) in [5.74, 6) is 0.0838. The molecule has 5 heteroatoms. The van der Waals surface area contributed by atoms with E-state index in [1.54, 1.807) is 25.1 Å². The quantitative estimate of drug-likeness (QED) is 0.928. The summed E-state index contributed by atoms with van der Waals surface area (Å²) in [5.41, 5.74) is 1.14. The Morgan fingerprint density at radius 3 is 2.48 bits per heavy atom. The molecule has 1 aromatic carbocycles. The molecule has 0 aromatic heterocycles. The van der Waals surface area contributed by atoms with Gasteiger partial charge in [0.1, 0.15) is 5.60 Å². The number of hydrogen-bond donors (Lipinski definition) is 1. The van der Waals surface area contributed by atoms with Gasteiger partial charge >= 0.3 is 6.09 Å². The maximum Gasteiger partial charge on any atom is 0.412 e. The molecule has 116 valence electrons. The van der Waals surface area contributed by atoms with Crippen LogP contribution in [0.1, 0.15) is 32.8 Å². The Kier molecular flexibility index (Phi) is 5.76. The Balaban J connectivity index is 2.60. The van der Waals surface area contributed by atoms with E-state index in [0.717, 1.165) is 5.56 Å². The second kappa shape index (κ2) is 7.11. The lowest BCUT2D eigenvalue weighted by Gasteiger charge is -2.19. The smallest absolute Gasteiger partial charge is 0.412 e. The molecule has 1 N–H and O–H groups in total. The molecule has 0 bridgehead atoms. The van der Waals surface area contributed by atoms with Gasteiger partial charge in [-0.2, -0.15) is 0 Å². The molecule has 21 heavy (non-hydrogen) atoms. The summed E-state index contributed by atoms with van der Waals surface area (Å²) >= 11 is 0. The fourth-order valence-corrected chi connectivity index (χ4v) is 1.70. The van der Waals surface area contributed by atoms with E-state index in [2.05, 4.69) is 5.32 Å². The average molecular weight is 292 g/mol. The van der Waals surface area contributed by atoms with Crippen molar-refractivity contribution >= 4 is 17.7 Å². The summed E-state index contributed by atoms with van der Waals surface area (Å²) in [6.07, 6.45) is 0.605. The molecule has 1 aromatic rings. The second-order valence-electron chi connectivity index (χ2n) is 6.12. The van der Waals surface area contributed by atoms with E-state index in [1.807, 2.05) is 39.0 Å². The number of nitrogens with one attached hydrogen (secondary N) is 1. The number of aryl methyl sites for hydroxylation is 1. The maximum absolute atomic E-state index is 11.7. The standard InChI is InChI=1S/C16H24N2O3/c1-16(2,3)21-15(20)17-13-8-6-7-12(11-13)9-10-14(19)18(4)5/h6-8,11H,9-10H2,1-5H3,(H,17,20). The highest BCUT2D eigenvalue weighted by atomic mass is 16.6. The first kappa shape index (κ1) is 17.0. The molecule has 2 amide bonds. The minimum Gasteiger partial charge on any atom is -0.444 e. The summed E-state index contributed by atoms with van der Waals surface area (Å²) in [5, 5.41) is 2.69. The Bertz CT molecular complexity index is 504. The molecule has 0 saturated carbocycles. The van der Waals surface area contributed by atoms with Crippen molar-refractivity contribution in [1.82, 2.24) is 4.90 Å². The van der Waals surface area contributed by atoms with Crippen LogP contribution in [0.5, 0.6) is 0 Å². The Hall–Kier alpha value is -2.04. The first-order valence-electron chi connectivity index (χ1n) is 6.96. The SMILES string of the molecule is CN(C)C(=O)CCc1cccc(NC(=O)OC(C)(C)C)c1. The van der Waals surface area contributed by atoms with Crippen molar-refractivity contribution in [1.29, 1.82) is 0 Å². The van der Waals surface area contributed by atoms with E-state index in [0.29, 0.717) is 18.5 Å². The zero-order valence-corrected chi connectivity index (χ0v) is 13.4. The molecule has 0 unspecified atom stereocenters. The van der Waals surface area contributed by atoms with Gasteiger partial charge in [0.2, 0.25) is 5.91 Å². The van der Waals surface area contributed by atoms with E-state index < -0.39 is 11.7 Å². The van der Waals surface area contributed by atoms with Crippen LogP contribution in [0.4, 0.5) is 10.5 Å². The zero-order valence-electron chi connectivity index (χ0n) is 13.4. The predicted molar refractivity (Wildman–Crippen MR) is 83.3 cm³/mol. The summed E-state index contributed by atoms with van der Waals surface area (Å²) in [4.78, 5) is 24.8. The van der Waals surface area contributed by atoms with Crippen molar-refractivity contribution in [3.8, 4) is 0 Å². The van der Waals surface area contributed by atoms with Gasteiger partial charge in [-0.1, -0.05) is 12.1 Å². The van der Waals surface area contributed by atoms with Gasteiger partial charge in [-0.15, -0.1) is 0 Å². The molecule has 1 rings (SSSR count). The Morgan fingerprint density at radius 2 is 1.90 bits per heavy atom. The number of hydrogen-bond acceptors (Lipinski definition) is 3. The highest BCUT2D eigenvalue weighted by Gasteiger charge is 2.16. The van der Waals surface area contributed by atoms with Crippen LogP contribution in [0.15, 0.2) is 24.3 Å². The molecule has 0 atom stereocenters. The van der Waals surface area contributed by atoms with E-state index in [1.165, 1.54) is 0 Å². The van der Waals surface area contributed by atoms with Crippen LogP contribution in [-0.2, 0) is 16.0 Å². The van der Waals surface area contributed by atoms with E-state index in [9.17, 15) is 9.59 Å². The maximum atomic E-state index is 11.7. The van der Waals surface area contributed by atoms with Crippen LogP contribution in [0.25, 0.3) is 0 Å². The minimum absolute atomic E-state index is 0.0838. The van der Waals surface area contributed by atoms with Crippen molar-refractivity contribution in [2.24, 2.45) is 0 Å². The summed E-state index contributed by atoms with van der Waals surface area (Å²) < 4.78 is 5.20. The van der Waals surface area contributed by atoms with Gasteiger partial charge in [0.05, 0.1) is 0 Å². The first-order valence-corrected chi connectivity index (χ1v) is 6.96. The van der Waals surface area contributed by atoms with Gasteiger partial charge in [0.25, 0.3) is 0 Å². The highest BCUT2D eigenvalue weighted by molar-refractivity contribution is 5.85. The van der Waals surface area contributed by atoms with Crippen molar-refractivity contribution in [3.63, 3.8) is 0 Å². The van der Waals surface area contributed by atoms with Crippen molar-refractivity contribution < 1.29 is 14.3 Å². The Labute approximate surface area is 126 Å². The fourth-order valence-electron chi connectivity index (χ4n) is 1.70. The van der Waals surface area contributed by atoms with E-state index in [4.69, 9.17) is 4.74 Å². The lowest BCUT2D eigenvalue weighted by molar-refractivity contribution is -0.128. The number of carbonyl (C=O) groups is 2. The largest absolute Gasteiger partial charge is 0.444 e. The van der Waals surface area contributed by atoms with Crippen LogP contribution in [0.2, 0.25) is 0 Å². The van der Waals surface area contributed by atoms with Gasteiger partial charge in [0, 0.05) is 26.2 Å². The average Bonchev–Trinajstić information content (AvgIpc) is 2.33. The minimum atomic E-state index is -0.528.